The molecule has 0 atom stereocenters. The summed E-state index contributed by atoms with van der Waals surface area (Å²) in [6.07, 6.45) is 1.81. The fourth-order valence-corrected chi connectivity index (χ4v) is 2.06. The highest BCUT2D eigenvalue weighted by Gasteiger charge is 2.20. The van der Waals surface area contributed by atoms with Crippen LogP contribution in [-0.4, -0.2) is 34.3 Å². The highest BCUT2D eigenvalue weighted by atomic mass is 16.2. The van der Waals surface area contributed by atoms with Gasteiger partial charge in [0, 0.05) is 12.7 Å². The lowest BCUT2D eigenvalue weighted by Crippen LogP contribution is -2.40. The minimum Gasteiger partial charge on any atom is -0.368 e. The molecule has 0 saturated heterocycles. The fourth-order valence-electron chi connectivity index (χ4n) is 2.06. The van der Waals surface area contributed by atoms with E-state index in [9.17, 15) is 9.59 Å². The van der Waals surface area contributed by atoms with Crippen molar-refractivity contribution in [3.8, 4) is 0 Å². The van der Waals surface area contributed by atoms with Crippen molar-refractivity contribution in [1.29, 1.82) is 0 Å². The summed E-state index contributed by atoms with van der Waals surface area (Å²) < 4.78 is 1.80. The number of hydrogen-bond donors (Lipinski definition) is 3. The maximum absolute atomic E-state index is 11.1. The van der Waals surface area contributed by atoms with Gasteiger partial charge in [-0.25, -0.2) is 4.98 Å². The maximum Gasteiger partial charge on any atom is 0.237 e. The van der Waals surface area contributed by atoms with Gasteiger partial charge in [-0.2, -0.15) is 0 Å². The van der Waals surface area contributed by atoms with Gasteiger partial charge in [-0.1, -0.05) is 6.07 Å². The molecule has 2 aromatic heterocycles. The molecule has 2 aromatic rings. The van der Waals surface area contributed by atoms with Crippen molar-refractivity contribution in [1.82, 2.24) is 9.38 Å². The van der Waals surface area contributed by atoms with Gasteiger partial charge in [-0.05, 0) is 12.1 Å². The van der Waals surface area contributed by atoms with Crippen molar-refractivity contribution < 1.29 is 9.59 Å². The number of anilines is 1. The van der Waals surface area contributed by atoms with Crippen LogP contribution in [0.5, 0.6) is 0 Å². The lowest BCUT2D eigenvalue weighted by atomic mass is 10.3. The molecule has 2 amide bonds. The molecule has 0 spiro atoms. The van der Waals surface area contributed by atoms with Crippen molar-refractivity contribution in [2.75, 3.05) is 18.0 Å². The summed E-state index contributed by atoms with van der Waals surface area (Å²) in [5.74, 6) is -0.714. The largest absolute Gasteiger partial charge is 0.368 e. The molecule has 8 nitrogen and oxygen atoms in total. The van der Waals surface area contributed by atoms with Crippen LogP contribution < -0.4 is 22.1 Å². The monoisotopic (exact) mass is 276 g/mol. The van der Waals surface area contributed by atoms with E-state index >= 15 is 0 Å². The van der Waals surface area contributed by atoms with Gasteiger partial charge in [0.1, 0.15) is 5.65 Å². The number of fused-ring (bicyclic) bond motifs is 1. The number of carbonyl (C=O) groups is 2. The number of aromatic nitrogens is 2. The van der Waals surface area contributed by atoms with Crippen LogP contribution >= 0.6 is 0 Å². The summed E-state index contributed by atoms with van der Waals surface area (Å²) in [4.78, 5) is 28.1. The molecule has 0 aliphatic rings. The summed E-state index contributed by atoms with van der Waals surface area (Å²) >= 11 is 0. The topological polar surface area (TPSA) is 133 Å². The van der Waals surface area contributed by atoms with Gasteiger partial charge in [-0.15, -0.1) is 0 Å². The molecular formula is C12H16N6O2. The summed E-state index contributed by atoms with van der Waals surface area (Å²) in [5.41, 5.74) is 17.5. The third-order valence-corrected chi connectivity index (χ3v) is 2.79. The molecule has 6 N–H and O–H groups in total. The Kier molecular flexibility index (Phi) is 3.85. The minimum absolute atomic E-state index is 0.153. The number of carbonyl (C=O) groups excluding carboxylic acids is 2. The van der Waals surface area contributed by atoms with Crippen molar-refractivity contribution in [3.63, 3.8) is 0 Å². The van der Waals surface area contributed by atoms with E-state index in [1.165, 1.54) is 4.90 Å². The molecular weight excluding hydrogens is 260 g/mol. The van der Waals surface area contributed by atoms with Gasteiger partial charge < -0.3 is 26.5 Å². The van der Waals surface area contributed by atoms with Gasteiger partial charge in [0.2, 0.25) is 11.8 Å². The average molecular weight is 276 g/mol. The van der Waals surface area contributed by atoms with Crippen molar-refractivity contribution in [2.24, 2.45) is 17.2 Å². The molecule has 0 bridgehead atoms. The molecule has 2 rings (SSSR count). The zero-order valence-corrected chi connectivity index (χ0v) is 10.8. The SMILES string of the molecule is NCc1c(N(CC(N)=O)CC(N)=O)nc2ccccn12. The van der Waals surface area contributed by atoms with Crippen LogP contribution in [0.15, 0.2) is 24.4 Å². The van der Waals surface area contributed by atoms with Crippen LogP contribution in [0.1, 0.15) is 5.69 Å². The smallest absolute Gasteiger partial charge is 0.237 e. The Balaban J connectivity index is 2.51. The summed E-state index contributed by atoms with van der Waals surface area (Å²) in [7, 11) is 0. The number of nitrogens with zero attached hydrogens (tertiary/aromatic N) is 3. The van der Waals surface area contributed by atoms with Gasteiger partial charge in [0.15, 0.2) is 5.82 Å². The summed E-state index contributed by atoms with van der Waals surface area (Å²) in [6.45, 7) is -0.103. The predicted molar refractivity (Wildman–Crippen MR) is 73.7 cm³/mol. The van der Waals surface area contributed by atoms with E-state index in [1.807, 2.05) is 12.1 Å². The lowest BCUT2D eigenvalue weighted by Gasteiger charge is -2.20. The minimum atomic E-state index is -0.578. The number of pyridine rings is 1. The molecule has 0 unspecified atom stereocenters. The summed E-state index contributed by atoms with van der Waals surface area (Å²) in [5, 5.41) is 0. The van der Waals surface area contributed by atoms with E-state index < -0.39 is 11.8 Å². The molecule has 0 aliphatic heterocycles. The Morgan fingerprint density at radius 2 is 1.85 bits per heavy atom. The van der Waals surface area contributed by atoms with Crippen LogP contribution in [0.3, 0.4) is 0 Å². The van der Waals surface area contributed by atoms with Crippen molar-refractivity contribution >= 4 is 23.3 Å². The molecule has 2 heterocycles. The highest BCUT2D eigenvalue weighted by molar-refractivity contribution is 5.85. The normalized spacial score (nSPS) is 10.7. The first-order valence-electron chi connectivity index (χ1n) is 6.00. The second-order valence-electron chi connectivity index (χ2n) is 4.30. The van der Waals surface area contributed by atoms with E-state index in [0.717, 1.165) is 0 Å². The van der Waals surface area contributed by atoms with E-state index in [0.29, 0.717) is 17.2 Å². The van der Waals surface area contributed by atoms with Crippen LogP contribution in [0, 0.1) is 0 Å². The van der Waals surface area contributed by atoms with Crippen LogP contribution in [0.25, 0.3) is 5.65 Å². The number of nitrogens with two attached hydrogens (primary N) is 3. The van der Waals surface area contributed by atoms with E-state index in [-0.39, 0.29) is 19.6 Å². The first-order valence-corrected chi connectivity index (χ1v) is 6.00. The Morgan fingerprint density at radius 1 is 1.20 bits per heavy atom. The standard InChI is InChI=1S/C12H16N6O2/c13-5-8-12(16-11-3-1-2-4-18(8)11)17(6-9(14)19)7-10(15)20/h1-4H,5-7,13H2,(H2,14,19)(H2,15,20). The zero-order chi connectivity index (χ0) is 14.7. The molecule has 0 saturated carbocycles. The first-order chi connectivity index (χ1) is 9.52. The quantitative estimate of drug-likeness (QED) is 0.595. The van der Waals surface area contributed by atoms with Gasteiger partial charge in [0.05, 0.1) is 18.8 Å². The van der Waals surface area contributed by atoms with Crippen molar-refractivity contribution in [3.05, 3.63) is 30.1 Å². The highest BCUT2D eigenvalue weighted by Crippen LogP contribution is 2.21. The Hall–Kier alpha value is -2.61. The Morgan fingerprint density at radius 3 is 2.40 bits per heavy atom. The van der Waals surface area contributed by atoms with E-state index in [1.54, 1.807) is 16.7 Å². The number of rotatable bonds is 6. The molecule has 0 aromatic carbocycles. The van der Waals surface area contributed by atoms with E-state index in [2.05, 4.69) is 4.98 Å². The fraction of sp³-hybridized carbons (Fsp3) is 0.250. The van der Waals surface area contributed by atoms with Crippen LogP contribution in [-0.2, 0) is 16.1 Å². The number of hydrogen-bond acceptors (Lipinski definition) is 5. The Labute approximate surface area is 115 Å². The number of primary amides is 2. The number of imidazole rings is 1. The summed E-state index contributed by atoms with van der Waals surface area (Å²) in [6, 6.07) is 5.47. The van der Waals surface area contributed by atoms with Crippen molar-refractivity contribution in [2.45, 2.75) is 6.54 Å². The molecule has 0 radical (unpaired) electrons. The third kappa shape index (κ3) is 2.69. The Bertz CT molecular complexity index is 634. The predicted octanol–water partition coefficient (Wildman–Crippen LogP) is -1.43. The zero-order valence-electron chi connectivity index (χ0n) is 10.8. The second-order valence-corrected chi connectivity index (χ2v) is 4.30. The van der Waals surface area contributed by atoms with E-state index in [4.69, 9.17) is 17.2 Å². The van der Waals surface area contributed by atoms with Crippen LogP contribution in [0.2, 0.25) is 0 Å². The molecule has 106 valence electrons. The molecule has 0 aliphatic carbocycles. The third-order valence-electron chi connectivity index (χ3n) is 2.79. The van der Waals surface area contributed by atoms with Gasteiger partial charge >= 0.3 is 0 Å². The second kappa shape index (κ2) is 5.57. The van der Waals surface area contributed by atoms with Gasteiger partial charge in [0.25, 0.3) is 0 Å². The molecule has 0 fully saturated rings. The van der Waals surface area contributed by atoms with Gasteiger partial charge in [-0.3, -0.25) is 9.59 Å². The number of amides is 2. The van der Waals surface area contributed by atoms with Crippen LogP contribution in [0.4, 0.5) is 5.82 Å². The average Bonchev–Trinajstić information content (AvgIpc) is 2.75. The lowest BCUT2D eigenvalue weighted by molar-refractivity contribution is -0.117. The maximum atomic E-state index is 11.1. The molecule has 20 heavy (non-hydrogen) atoms. The first kappa shape index (κ1) is 13.8. The molecule has 8 heteroatoms.